The van der Waals surface area contributed by atoms with Crippen LogP contribution in [0.25, 0.3) is 0 Å². The summed E-state index contributed by atoms with van der Waals surface area (Å²) in [5, 5.41) is 2.63. The number of benzene rings is 2. The van der Waals surface area contributed by atoms with E-state index in [-0.39, 0.29) is 10.6 Å². The van der Waals surface area contributed by atoms with E-state index in [1.807, 2.05) is 0 Å². The molecule has 0 saturated heterocycles. The Labute approximate surface area is 118 Å². The van der Waals surface area contributed by atoms with E-state index in [2.05, 4.69) is 5.32 Å². The fourth-order valence-corrected chi connectivity index (χ4v) is 2.14. The Bertz CT molecular complexity index is 645. The topological polar surface area (TPSA) is 12.0 Å². The minimum atomic E-state index is -1.27. The lowest BCUT2D eigenvalue weighted by Crippen LogP contribution is -2.19. The van der Waals surface area contributed by atoms with Crippen molar-refractivity contribution in [1.82, 2.24) is 5.32 Å². The van der Waals surface area contributed by atoms with Gasteiger partial charge in [-0.1, -0.05) is 17.7 Å². The van der Waals surface area contributed by atoms with Gasteiger partial charge in [0.2, 0.25) is 0 Å². The molecule has 0 radical (unpaired) electrons. The lowest BCUT2D eigenvalue weighted by molar-refractivity contribution is 0.483. The molecule has 0 aromatic heterocycles. The summed E-state index contributed by atoms with van der Waals surface area (Å²) >= 11 is 5.67. The summed E-state index contributed by atoms with van der Waals surface area (Å²) in [5.74, 6) is -3.94. The summed E-state index contributed by atoms with van der Waals surface area (Å²) in [7, 11) is 1.52. The number of rotatable bonds is 3. The molecule has 1 N–H and O–H groups in total. The average Bonchev–Trinajstić information content (AvgIpc) is 2.40. The molecule has 2 rings (SSSR count). The van der Waals surface area contributed by atoms with Crippen molar-refractivity contribution in [3.8, 4) is 0 Å². The lowest BCUT2D eigenvalue weighted by Gasteiger charge is -2.18. The zero-order chi connectivity index (χ0) is 14.9. The first kappa shape index (κ1) is 14.8. The van der Waals surface area contributed by atoms with Crippen LogP contribution < -0.4 is 5.32 Å². The first-order valence-corrected chi connectivity index (χ1v) is 6.08. The maximum Gasteiger partial charge on any atom is 0.161 e. The summed E-state index contributed by atoms with van der Waals surface area (Å²) in [5.41, 5.74) is 0.345. The molecule has 0 heterocycles. The quantitative estimate of drug-likeness (QED) is 0.662. The molecule has 0 aliphatic rings. The van der Waals surface area contributed by atoms with Crippen molar-refractivity contribution >= 4 is 11.6 Å². The van der Waals surface area contributed by atoms with Crippen molar-refractivity contribution < 1.29 is 17.6 Å². The molecule has 0 saturated carbocycles. The third-order valence-electron chi connectivity index (χ3n) is 2.92. The molecule has 2 aromatic carbocycles. The van der Waals surface area contributed by atoms with Crippen LogP contribution in [0.1, 0.15) is 17.2 Å². The van der Waals surface area contributed by atoms with Crippen molar-refractivity contribution in [3.63, 3.8) is 0 Å². The van der Waals surface area contributed by atoms with E-state index in [4.69, 9.17) is 11.6 Å². The molecule has 0 aliphatic heterocycles. The van der Waals surface area contributed by atoms with Crippen LogP contribution >= 0.6 is 11.6 Å². The Kier molecular flexibility index (Phi) is 4.30. The van der Waals surface area contributed by atoms with Gasteiger partial charge in [0.1, 0.15) is 11.6 Å². The first-order valence-electron chi connectivity index (χ1n) is 5.70. The minimum absolute atomic E-state index is 0.0888. The molecule has 1 atom stereocenters. The van der Waals surface area contributed by atoms with Crippen molar-refractivity contribution in [2.75, 3.05) is 7.05 Å². The number of hydrogen-bond acceptors (Lipinski definition) is 1. The Morgan fingerprint density at radius 3 is 2.15 bits per heavy atom. The van der Waals surface area contributed by atoms with Gasteiger partial charge in [0.05, 0.1) is 11.1 Å². The SMILES string of the molecule is CNC(c1ccc(F)c(Cl)c1)c1cc(F)c(F)cc1F. The Hall–Kier alpha value is -1.59. The molecule has 0 bridgehead atoms. The predicted octanol–water partition coefficient (Wildman–Crippen LogP) is 4.21. The zero-order valence-electron chi connectivity index (χ0n) is 10.4. The number of hydrogen-bond donors (Lipinski definition) is 1. The number of nitrogens with one attached hydrogen (secondary N) is 1. The molecule has 2 aromatic rings. The second-order valence-electron chi connectivity index (χ2n) is 4.18. The Balaban J connectivity index is 2.52. The molecule has 106 valence electrons. The number of halogens is 5. The summed E-state index contributed by atoms with van der Waals surface area (Å²) in [6.07, 6.45) is 0. The van der Waals surface area contributed by atoms with E-state index in [1.54, 1.807) is 0 Å². The molecule has 0 aliphatic carbocycles. The van der Waals surface area contributed by atoms with Crippen LogP contribution in [-0.4, -0.2) is 7.05 Å². The van der Waals surface area contributed by atoms with E-state index in [0.29, 0.717) is 11.6 Å². The highest BCUT2D eigenvalue weighted by Gasteiger charge is 2.20. The molecule has 1 nitrogen and oxygen atoms in total. The van der Waals surface area contributed by atoms with Gasteiger partial charge in [-0.2, -0.15) is 0 Å². The van der Waals surface area contributed by atoms with E-state index >= 15 is 0 Å². The van der Waals surface area contributed by atoms with E-state index < -0.39 is 29.3 Å². The molecular formula is C14H10ClF4N. The average molecular weight is 304 g/mol. The third-order valence-corrected chi connectivity index (χ3v) is 3.21. The third kappa shape index (κ3) is 2.78. The van der Waals surface area contributed by atoms with Gasteiger partial charge >= 0.3 is 0 Å². The smallest absolute Gasteiger partial charge is 0.161 e. The van der Waals surface area contributed by atoms with Gasteiger partial charge in [0.15, 0.2) is 11.6 Å². The van der Waals surface area contributed by atoms with Gasteiger partial charge in [0.25, 0.3) is 0 Å². The van der Waals surface area contributed by atoms with Gasteiger partial charge in [-0.25, -0.2) is 17.6 Å². The fourth-order valence-electron chi connectivity index (χ4n) is 1.95. The van der Waals surface area contributed by atoms with Crippen LogP contribution in [0.3, 0.4) is 0 Å². The molecule has 1 unspecified atom stereocenters. The van der Waals surface area contributed by atoms with Crippen LogP contribution in [-0.2, 0) is 0 Å². The highest BCUT2D eigenvalue weighted by atomic mass is 35.5. The molecule has 6 heteroatoms. The van der Waals surface area contributed by atoms with Crippen LogP contribution in [0.15, 0.2) is 30.3 Å². The Morgan fingerprint density at radius 2 is 1.55 bits per heavy atom. The van der Waals surface area contributed by atoms with E-state index in [0.717, 1.165) is 12.1 Å². The van der Waals surface area contributed by atoms with Crippen LogP contribution in [0.5, 0.6) is 0 Å². The first-order chi connectivity index (χ1) is 9.43. The standard InChI is InChI=1S/C14H10ClF4N/c1-20-14(7-2-3-10(16)9(15)4-7)8-5-12(18)13(19)6-11(8)17/h2-6,14,20H,1H3. The fraction of sp³-hybridized carbons (Fsp3) is 0.143. The molecular weight excluding hydrogens is 294 g/mol. The Morgan fingerprint density at radius 1 is 0.900 bits per heavy atom. The van der Waals surface area contributed by atoms with Gasteiger partial charge in [0, 0.05) is 11.6 Å². The van der Waals surface area contributed by atoms with Gasteiger partial charge in [-0.15, -0.1) is 0 Å². The maximum absolute atomic E-state index is 13.8. The van der Waals surface area contributed by atoms with Gasteiger partial charge < -0.3 is 5.32 Å². The van der Waals surface area contributed by atoms with Crippen LogP contribution in [0.4, 0.5) is 17.6 Å². The molecule has 0 fully saturated rings. The van der Waals surface area contributed by atoms with E-state index in [9.17, 15) is 17.6 Å². The molecule has 0 spiro atoms. The summed E-state index contributed by atoms with van der Waals surface area (Å²) in [4.78, 5) is 0. The second-order valence-corrected chi connectivity index (χ2v) is 4.59. The lowest BCUT2D eigenvalue weighted by atomic mass is 9.98. The largest absolute Gasteiger partial charge is 0.309 e. The second kappa shape index (κ2) is 5.81. The molecule has 20 heavy (non-hydrogen) atoms. The van der Waals surface area contributed by atoms with Crippen LogP contribution in [0, 0.1) is 23.3 Å². The summed E-state index contributed by atoms with van der Waals surface area (Å²) in [6.45, 7) is 0. The van der Waals surface area contributed by atoms with Crippen molar-refractivity contribution in [1.29, 1.82) is 0 Å². The van der Waals surface area contributed by atoms with Crippen molar-refractivity contribution in [2.24, 2.45) is 0 Å². The summed E-state index contributed by atoms with van der Waals surface area (Å²) in [6, 6.07) is 4.29. The minimum Gasteiger partial charge on any atom is -0.309 e. The van der Waals surface area contributed by atoms with Gasteiger partial charge in [-0.3, -0.25) is 0 Å². The predicted molar refractivity (Wildman–Crippen MR) is 68.6 cm³/mol. The zero-order valence-corrected chi connectivity index (χ0v) is 11.1. The normalized spacial score (nSPS) is 12.5. The van der Waals surface area contributed by atoms with Crippen molar-refractivity contribution in [3.05, 3.63) is 69.8 Å². The van der Waals surface area contributed by atoms with Gasteiger partial charge in [-0.05, 0) is 30.8 Å². The highest BCUT2D eigenvalue weighted by molar-refractivity contribution is 6.30. The monoisotopic (exact) mass is 303 g/mol. The van der Waals surface area contributed by atoms with Crippen LogP contribution in [0.2, 0.25) is 5.02 Å². The van der Waals surface area contributed by atoms with E-state index in [1.165, 1.54) is 19.2 Å². The highest BCUT2D eigenvalue weighted by Crippen LogP contribution is 2.28. The maximum atomic E-state index is 13.8. The summed E-state index contributed by atoms with van der Waals surface area (Å²) < 4.78 is 53.1. The molecule has 0 amide bonds. The van der Waals surface area contributed by atoms with Crippen molar-refractivity contribution in [2.45, 2.75) is 6.04 Å².